The molecule has 5 nitrogen and oxygen atoms in total. The average molecular weight is 546 g/mol. The number of carbonyl (C=O) groups is 1. The van der Waals surface area contributed by atoms with Crippen molar-refractivity contribution in [2.75, 3.05) is 18.0 Å². The first kappa shape index (κ1) is 25.0. The Labute approximate surface area is 241 Å². The molecule has 0 spiro atoms. The number of rotatable bonds is 4. The van der Waals surface area contributed by atoms with Crippen molar-refractivity contribution in [3.05, 3.63) is 94.7 Å². The van der Waals surface area contributed by atoms with E-state index in [2.05, 4.69) is 97.0 Å². The fourth-order valence-electron chi connectivity index (χ4n) is 8.82. The molecule has 5 aliphatic rings. The number of hydrogen-bond donors (Lipinski definition) is 1. The Hall–Kier alpha value is -3.70. The monoisotopic (exact) mass is 545 g/mol. The molecule has 5 aliphatic heterocycles. The van der Waals surface area contributed by atoms with Gasteiger partial charge in [0.05, 0.1) is 17.6 Å². The lowest BCUT2D eigenvalue weighted by molar-refractivity contribution is -0.445. The molecule has 41 heavy (non-hydrogen) atoms. The van der Waals surface area contributed by atoms with Crippen LogP contribution in [0, 0.1) is 0 Å². The lowest BCUT2D eigenvalue weighted by Gasteiger charge is -2.43. The van der Waals surface area contributed by atoms with Crippen LogP contribution < -0.4 is 4.90 Å². The molecule has 0 fully saturated rings. The predicted octanol–water partition coefficient (Wildman–Crippen LogP) is 7.00. The van der Waals surface area contributed by atoms with Crippen LogP contribution in [0.4, 0.5) is 11.4 Å². The first-order chi connectivity index (χ1) is 19.8. The standard InChI is InChI=1S/C36H36N2O3/c1-35(2)32-23-10-5-4-9-22(23)14-15-28(32)38-20-17-29-24(33(35)38)21-25-30(41-29)16-19-37-27-12-7-6-11-26(27)36(3,34(25)37)18-8-13-31(39)40/h4-7,9-12,14-15,21,29-30H,8,13,16-20H2,1-3H3/p+1. The summed E-state index contributed by atoms with van der Waals surface area (Å²) >= 11 is 0. The predicted molar refractivity (Wildman–Crippen MR) is 162 cm³/mol. The Morgan fingerprint density at radius 1 is 1.02 bits per heavy atom. The molecule has 0 saturated carbocycles. The van der Waals surface area contributed by atoms with Gasteiger partial charge in [-0.1, -0.05) is 42.5 Å². The number of para-hydroxylation sites is 1. The minimum Gasteiger partial charge on any atom is -0.481 e. The molecule has 0 radical (unpaired) electrons. The second-order valence-electron chi connectivity index (χ2n) is 13.1. The highest BCUT2D eigenvalue weighted by Crippen LogP contribution is 2.56. The number of ether oxygens (including phenoxy) is 1. The van der Waals surface area contributed by atoms with Crippen LogP contribution in [0.25, 0.3) is 10.8 Å². The summed E-state index contributed by atoms with van der Waals surface area (Å²) in [4.78, 5) is 14.0. The number of carboxylic acid groups (broad SMARTS) is 1. The highest BCUT2D eigenvalue weighted by Gasteiger charge is 2.55. The largest absolute Gasteiger partial charge is 0.481 e. The van der Waals surface area contributed by atoms with Crippen LogP contribution in [0.5, 0.6) is 0 Å². The Kier molecular flexibility index (Phi) is 5.29. The zero-order chi connectivity index (χ0) is 28.1. The van der Waals surface area contributed by atoms with Gasteiger partial charge in [0.1, 0.15) is 0 Å². The third-order valence-electron chi connectivity index (χ3n) is 10.4. The number of carboxylic acids is 1. The molecule has 3 aromatic rings. The van der Waals surface area contributed by atoms with Crippen LogP contribution in [0.3, 0.4) is 0 Å². The summed E-state index contributed by atoms with van der Waals surface area (Å²) in [7, 11) is 0. The Morgan fingerprint density at radius 2 is 1.83 bits per heavy atom. The van der Waals surface area contributed by atoms with Gasteiger partial charge in [0.2, 0.25) is 5.69 Å². The summed E-state index contributed by atoms with van der Waals surface area (Å²) in [6, 6.07) is 22.1. The van der Waals surface area contributed by atoms with Crippen LogP contribution in [0.15, 0.2) is 83.6 Å². The molecular weight excluding hydrogens is 508 g/mol. The van der Waals surface area contributed by atoms with E-state index in [1.165, 1.54) is 55.8 Å². The summed E-state index contributed by atoms with van der Waals surface area (Å²) in [5, 5.41) is 12.1. The first-order valence-corrected chi connectivity index (χ1v) is 15.2. The van der Waals surface area contributed by atoms with E-state index in [-0.39, 0.29) is 29.5 Å². The summed E-state index contributed by atoms with van der Waals surface area (Å²) in [5.41, 5.74) is 10.3. The number of allylic oxidation sites excluding steroid dienone is 1. The first-order valence-electron chi connectivity index (χ1n) is 15.2. The molecule has 5 heteroatoms. The van der Waals surface area contributed by atoms with Gasteiger partial charge in [0.25, 0.3) is 0 Å². The number of benzene rings is 3. The maximum Gasteiger partial charge on any atom is 0.303 e. The quantitative estimate of drug-likeness (QED) is 0.359. The van der Waals surface area contributed by atoms with Crippen molar-refractivity contribution in [2.24, 2.45) is 0 Å². The maximum absolute atomic E-state index is 11.5. The molecule has 1 N–H and O–H groups in total. The van der Waals surface area contributed by atoms with Gasteiger partial charge in [-0.05, 0) is 74.6 Å². The van der Waals surface area contributed by atoms with Gasteiger partial charge >= 0.3 is 5.97 Å². The topological polar surface area (TPSA) is 52.8 Å². The highest BCUT2D eigenvalue weighted by molar-refractivity contribution is 6.11. The van der Waals surface area contributed by atoms with E-state index in [0.717, 1.165) is 32.4 Å². The van der Waals surface area contributed by atoms with Crippen molar-refractivity contribution in [3.8, 4) is 0 Å². The molecule has 0 aliphatic carbocycles. The van der Waals surface area contributed by atoms with Crippen molar-refractivity contribution < 1.29 is 19.2 Å². The van der Waals surface area contributed by atoms with E-state index >= 15 is 0 Å². The Morgan fingerprint density at radius 3 is 2.68 bits per heavy atom. The van der Waals surface area contributed by atoms with E-state index in [0.29, 0.717) is 6.42 Å². The zero-order valence-electron chi connectivity index (χ0n) is 24.1. The van der Waals surface area contributed by atoms with Gasteiger partial charge in [-0.25, -0.2) is 0 Å². The van der Waals surface area contributed by atoms with Crippen molar-refractivity contribution in [3.63, 3.8) is 0 Å². The van der Waals surface area contributed by atoms with Crippen LogP contribution in [-0.2, 0) is 20.4 Å². The smallest absolute Gasteiger partial charge is 0.303 e. The lowest BCUT2D eigenvalue weighted by atomic mass is 9.71. The molecule has 0 bridgehead atoms. The average Bonchev–Trinajstić information content (AvgIpc) is 3.37. The van der Waals surface area contributed by atoms with Crippen molar-refractivity contribution in [1.29, 1.82) is 0 Å². The summed E-state index contributed by atoms with van der Waals surface area (Å²) in [6.45, 7) is 8.99. The molecule has 208 valence electrons. The molecule has 0 aromatic heterocycles. The number of hydrogen-bond acceptors (Lipinski definition) is 3. The van der Waals surface area contributed by atoms with Gasteiger partial charge in [-0.15, -0.1) is 0 Å². The molecule has 0 amide bonds. The van der Waals surface area contributed by atoms with Gasteiger partial charge in [0, 0.05) is 59.0 Å². The van der Waals surface area contributed by atoms with Gasteiger partial charge < -0.3 is 14.7 Å². The highest BCUT2D eigenvalue weighted by atomic mass is 16.5. The normalized spacial score (nSPS) is 27.1. The molecular formula is C36H37N2O3+. The number of fused-ring (bicyclic) bond motifs is 10. The van der Waals surface area contributed by atoms with Crippen molar-refractivity contribution >= 4 is 33.8 Å². The van der Waals surface area contributed by atoms with Crippen molar-refractivity contribution in [2.45, 2.75) is 75.9 Å². The summed E-state index contributed by atoms with van der Waals surface area (Å²) in [6.07, 6.45) is 6.26. The molecule has 0 saturated heterocycles. The lowest BCUT2D eigenvalue weighted by Crippen LogP contribution is -2.47. The van der Waals surface area contributed by atoms with Crippen LogP contribution in [0.2, 0.25) is 0 Å². The summed E-state index contributed by atoms with van der Waals surface area (Å²) in [5.74, 6) is -0.726. The molecule has 3 aromatic carbocycles. The second-order valence-corrected chi connectivity index (χ2v) is 13.1. The van der Waals surface area contributed by atoms with E-state index in [4.69, 9.17) is 4.74 Å². The van der Waals surface area contributed by atoms with E-state index in [1.54, 1.807) is 0 Å². The van der Waals surface area contributed by atoms with Crippen LogP contribution >= 0.6 is 0 Å². The van der Waals surface area contributed by atoms with E-state index in [9.17, 15) is 9.90 Å². The Balaban J connectivity index is 1.31. The fourth-order valence-corrected chi connectivity index (χ4v) is 8.82. The second kappa shape index (κ2) is 8.65. The van der Waals surface area contributed by atoms with Crippen molar-refractivity contribution in [1.82, 2.24) is 0 Å². The minimum atomic E-state index is -0.726. The van der Waals surface area contributed by atoms with Crippen LogP contribution in [-0.4, -0.2) is 46.7 Å². The maximum atomic E-state index is 11.5. The number of aliphatic carboxylic acids is 1. The number of nitrogens with zero attached hydrogens (tertiary/aromatic N) is 2. The number of anilines is 1. The molecule has 3 atom stereocenters. The van der Waals surface area contributed by atoms with E-state index in [1.807, 2.05) is 0 Å². The molecule has 8 rings (SSSR count). The molecule has 3 unspecified atom stereocenters. The Bertz CT molecular complexity index is 1740. The van der Waals surface area contributed by atoms with Gasteiger partial charge in [-0.2, -0.15) is 4.58 Å². The molecule has 5 heterocycles. The fraction of sp³-hybridized carbons (Fsp3) is 0.389. The third-order valence-corrected chi connectivity index (χ3v) is 10.4. The van der Waals surface area contributed by atoms with Crippen LogP contribution in [0.1, 0.15) is 64.0 Å². The minimum absolute atomic E-state index is 0.0722. The van der Waals surface area contributed by atoms with Gasteiger partial charge in [0.15, 0.2) is 12.3 Å². The van der Waals surface area contributed by atoms with Gasteiger partial charge in [-0.3, -0.25) is 4.79 Å². The summed E-state index contributed by atoms with van der Waals surface area (Å²) < 4.78 is 9.60. The van der Waals surface area contributed by atoms with E-state index < -0.39 is 5.97 Å². The SMILES string of the molecule is CC1(C)C2=[N+](CCC3OC4CCN5C(=C4C=C23)C(C)(CCCC(=O)O)c2ccccc25)c2ccc3ccccc3c21. The third kappa shape index (κ3) is 3.39. The zero-order valence-corrected chi connectivity index (χ0v) is 24.1.